The van der Waals surface area contributed by atoms with E-state index in [-0.39, 0.29) is 3.74 Å². The molecule has 0 aromatic carbocycles. The van der Waals surface area contributed by atoms with E-state index in [1.54, 1.807) is 0 Å². The molecule has 0 bridgehead atoms. The number of carbonyl (C=O) groups excluding carboxylic acids is 1. The molecule has 7 heavy (non-hydrogen) atoms. The Morgan fingerprint density at radius 2 is 2.29 bits per heavy atom. The van der Waals surface area contributed by atoms with Crippen molar-refractivity contribution in [3.8, 4) is 0 Å². The van der Waals surface area contributed by atoms with E-state index in [0.717, 1.165) is 0 Å². The van der Waals surface area contributed by atoms with Gasteiger partial charge in [-0.1, -0.05) is 31.9 Å². The first-order valence-electron chi connectivity index (χ1n) is 1.60. The number of hydrogen-bond donors (Lipinski definition) is 0. The predicted octanol–water partition coefficient (Wildman–Crippen LogP) is 1.28. The van der Waals surface area contributed by atoms with Gasteiger partial charge in [0.25, 0.3) is 6.47 Å². The van der Waals surface area contributed by atoms with E-state index in [4.69, 9.17) is 0 Å². The van der Waals surface area contributed by atoms with Crippen LogP contribution in [0.2, 0.25) is 0 Å². The normalized spacial score (nSPS) is 9.00. The van der Waals surface area contributed by atoms with Crippen molar-refractivity contribution < 1.29 is 9.53 Å². The quantitative estimate of drug-likeness (QED) is 0.541. The summed E-state index contributed by atoms with van der Waals surface area (Å²) < 4.78 is 4.39. The molecule has 42 valence electrons. The van der Waals surface area contributed by atoms with Crippen LogP contribution in [0.3, 0.4) is 0 Å². The molecule has 0 saturated heterocycles. The van der Waals surface area contributed by atoms with Crippen molar-refractivity contribution in [2.24, 2.45) is 0 Å². The zero-order valence-electron chi connectivity index (χ0n) is 3.43. The van der Waals surface area contributed by atoms with Gasteiger partial charge in [0.05, 0.1) is 0 Å². The summed E-state index contributed by atoms with van der Waals surface area (Å²) in [6.45, 7) is 0.777. The largest absolute Gasteiger partial charge is 0.466 e. The summed E-state index contributed by atoms with van der Waals surface area (Å²) in [6, 6.07) is 0. The molecule has 0 amide bonds. The molecule has 2 nitrogen and oxygen atoms in total. The van der Waals surface area contributed by atoms with Crippen LogP contribution < -0.4 is 0 Å². The first kappa shape index (κ1) is 7.43. The van der Waals surface area contributed by atoms with Gasteiger partial charge in [0, 0.05) is 0 Å². The monoisotopic (exact) mass is 230 g/mol. The maximum atomic E-state index is 9.45. The highest BCUT2D eigenvalue weighted by Crippen LogP contribution is 2.06. The standard InChI is InChI=1S/C3H4Br2O2/c4-3(5)1-7-2-6/h2-3H,1H2. The van der Waals surface area contributed by atoms with Gasteiger partial charge in [-0.15, -0.1) is 0 Å². The zero-order valence-corrected chi connectivity index (χ0v) is 6.61. The van der Waals surface area contributed by atoms with E-state index in [2.05, 4.69) is 36.6 Å². The Hall–Kier alpha value is 0.430. The lowest BCUT2D eigenvalue weighted by Gasteiger charge is -1.94. The molecule has 0 aliphatic rings. The molecule has 0 spiro atoms. The summed E-state index contributed by atoms with van der Waals surface area (Å²) in [5, 5.41) is 0. The summed E-state index contributed by atoms with van der Waals surface area (Å²) in [4.78, 5) is 9.45. The second-order valence-corrected chi connectivity index (χ2v) is 4.26. The van der Waals surface area contributed by atoms with Gasteiger partial charge in [-0.25, -0.2) is 0 Å². The summed E-state index contributed by atoms with van der Waals surface area (Å²) in [5.41, 5.74) is 0. The molecule has 4 heteroatoms. The van der Waals surface area contributed by atoms with E-state index in [0.29, 0.717) is 13.1 Å². The second-order valence-electron chi connectivity index (χ2n) is 0.821. The van der Waals surface area contributed by atoms with E-state index >= 15 is 0 Å². The third-order valence-electron chi connectivity index (χ3n) is 0.290. The summed E-state index contributed by atoms with van der Waals surface area (Å²) >= 11 is 6.22. The van der Waals surface area contributed by atoms with Crippen LogP contribution in [0.4, 0.5) is 0 Å². The Labute approximate surface area is 58.5 Å². The molecule has 0 heterocycles. The van der Waals surface area contributed by atoms with Crippen molar-refractivity contribution in [1.29, 1.82) is 0 Å². The topological polar surface area (TPSA) is 26.3 Å². The summed E-state index contributed by atoms with van der Waals surface area (Å²) in [7, 11) is 0. The first-order valence-corrected chi connectivity index (χ1v) is 3.44. The highest BCUT2D eigenvalue weighted by molar-refractivity contribution is 9.24. The number of hydrogen-bond acceptors (Lipinski definition) is 2. The van der Waals surface area contributed by atoms with Gasteiger partial charge in [-0.2, -0.15) is 0 Å². The second kappa shape index (κ2) is 4.59. The van der Waals surface area contributed by atoms with Crippen LogP contribution in [-0.2, 0) is 9.53 Å². The first-order chi connectivity index (χ1) is 3.27. The highest BCUT2D eigenvalue weighted by atomic mass is 79.9. The van der Waals surface area contributed by atoms with Crippen molar-refractivity contribution in [2.45, 2.75) is 3.74 Å². The van der Waals surface area contributed by atoms with Crippen LogP contribution in [0, 0.1) is 0 Å². The van der Waals surface area contributed by atoms with Gasteiger partial charge < -0.3 is 4.74 Å². The average molecular weight is 232 g/mol. The molecule has 0 aromatic rings. The van der Waals surface area contributed by atoms with Crippen molar-refractivity contribution in [2.75, 3.05) is 6.61 Å². The fraction of sp³-hybridized carbons (Fsp3) is 0.667. The lowest BCUT2D eigenvalue weighted by Crippen LogP contribution is -1.97. The number of rotatable bonds is 3. The molecule has 0 N–H and O–H groups in total. The van der Waals surface area contributed by atoms with Gasteiger partial charge in [0.2, 0.25) is 0 Å². The van der Waals surface area contributed by atoms with Crippen LogP contribution in [0.1, 0.15) is 0 Å². The number of ether oxygens (including phenoxy) is 1. The Morgan fingerprint density at radius 3 is 2.43 bits per heavy atom. The van der Waals surface area contributed by atoms with Crippen molar-refractivity contribution in [1.82, 2.24) is 0 Å². The third kappa shape index (κ3) is 6.43. The highest BCUT2D eigenvalue weighted by Gasteiger charge is 1.93. The van der Waals surface area contributed by atoms with Crippen LogP contribution in [0.25, 0.3) is 0 Å². The molecular weight excluding hydrogens is 228 g/mol. The fourth-order valence-electron chi connectivity index (χ4n) is 0.112. The number of halogens is 2. The maximum absolute atomic E-state index is 9.45. The van der Waals surface area contributed by atoms with Crippen LogP contribution >= 0.6 is 31.9 Å². The molecular formula is C3H4Br2O2. The van der Waals surface area contributed by atoms with Crippen molar-refractivity contribution in [3.63, 3.8) is 0 Å². The Bertz CT molecular complexity index is 54.9. The van der Waals surface area contributed by atoms with E-state index < -0.39 is 0 Å². The molecule has 0 radical (unpaired) electrons. The van der Waals surface area contributed by atoms with Crippen molar-refractivity contribution >= 4 is 38.3 Å². The Morgan fingerprint density at radius 1 is 1.71 bits per heavy atom. The lowest BCUT2D eigenvalue weighted by atomic mass is 10.9. The Kier molecular flexibility index (Phi) is 4.87. The molecule has 0 aromatic heterocycles. The minimum atomic E-state index is 0.0743. The van der Waals surface area contributed by atoms with Crippen LogP contribution in [0.15, 0.2) is 0 Å². The van der Waals surface area contributed by atoms with E-state index in [1.807, 2.05) is 0 Å². The lowest BCUT2D eigenvalue weighted by molar-refractivity contribution is -0.128. The Balaban J connectivity index is 2.81. The molecule has 0 rings (SSSR count). The molecule has 0 unspecified atom stereocenters. The predicted molar refractivity (Wildman–Crippen MR) is 33.7 cm³/mol. The van der Waals surface area contributed by atoms with E-state index in [1.165, 1.54) is 0 Å². The molecule has 0 saturated carbocycles. The van der Waals surface area contributed by atoms with Gasteiger partial charge in [-0.3, -0.25) is 4.79 Å². The molecule has 0 aliphatic carbocycles. The minimum Gasteiger partial charge on any atom is -0.466 e. The third-order valence-corrected chi connectivity index (χ3v) is 0.819. The van der Waals surface area contributed by atoms with Gasteiger partial charge in [0.15, 0.2) is 0 Å². The van der Waals surface area contributed by atoms with E-state index in [9.17, 15) is 4.79 Å². The molecule has 0 aliphatic heterocycles. The van der Waals surface area contributed by atoms with Gasteiger partial charge >= 0.3 is 0 Å². The van der Waals surface area contributed by atoms with Crippen LogP contribution in [0.5, 0.6) is 0 Å². The average Bonchev–Trinajstić information content (AvgIpc) is 1.61. The molecule has 0 atom stereocenters. The zero-order chi connectivity index (χ0) is 5.70. The number of carbonyl (C=O) groups is 1. The van der Waals surface area contributed by atoms with Gasteiger partial charge in [0.1, 0.15) is 10.3 Å². The van der Waals surface area contributed by atoms with Crippen molar-refractivity contribution in [3.05, 3.63) is 0 Å². The number of alkyl halides is 2. The van der Waals surface area contributed by atoms with Gasteiger partial charge in [-0.05, 0) is 0 Å². The fourth-order valence-corrected chi connectivity index (χ4v) is 0.417. The summed E-state index contributed by atoms with van der Waals surface area (Å²) in [5.74, 6) is 0. The van der Waals surface area contributed by atoms with Crippen LogP contribution in [-0.4, -0.2) is 16.8 Å². The minimum absolute atomic E-state index is 0.0743. The smallest absolute Gasteiger partial charge is 0.293 e. The molecule has 0 fully saturated rings. The summed E-state index contributed by atoms with van der Waals surface area (Å²) in [6.07, 6.45) is 0. The maximum Gasteiger partial charge on any atom is 0.293 e. The SMILES string of the molecule is O=COCC(Br)Br.